The summed E-state index contributed by atoms with van der Waals surface area (Å²) in [7, 11) is 0. The van der Waals surface area contributed by atoms with Gasteiger partial charge in [0.25, 0.3) is 5.91 Å². The number of aliphatic hydroxyl groups is 1. The highest BCUT2D eigenvalue weighted by atomic mass is 16.2. The SMILES string of the molecule is CCC(CC)C(C)NC(=O)c1cccc(C#CCO)c1C. The Morgan fingerprint density at radius 2 is 2.00 bits per heavy atom. The molecule has 0 aliphatic heterocycles. The summed E-state index contributed by atoms with van der Waals surface area (Å²) in [5, 5.41) is 11.9. The molecule has 1 unspecified atom stereocenters. The minimum absolute atomic E-state index is 0.0560. The van der Waals surface area contributed by atoms with Crippen molar-refractivity contribution in [2.45, 2.75) is 46.6 Å². The van der Waals surface area contributed by atoms with E-state index in [2.05, 4.69) is 37.9 Å². The zero-order valence-corrected chi connectivity index (χ0v) is 13.4. The lowest BCUT2D eigenvalue weighted by Gasteiger charge is -2.23. The van der Waals surface area contributed by atoms with Gasteiger partial charge in [0.15, 0.2) is 0 Å². The summed E-state index contributed by atoms with van der Waals surface area (Å²) < 4.78 is 0. The highest BCUT2D eigenvalue weighted by Crippen LogP contribution is 2.16. The Morgan fingerprint density at radius 1 is 1.33 bits per heavy atom. The third kappa shape index (κ3) is 4.61. The molecular formula is C18H25NO2. The molecule has 1 amide bonds. The molecule has 0 aromatic heterocycles. The van der Waals surface area contributed by atoms with Crippen LogP contribution in [0, 0.1) is 24.7 Å². The fourth-order valence-corrected chi connectivity index (χ4v) is 2.55. The van der Waals surface area contributed by atoms with Crippen LogP contribution in [0.4, 0.5) is 0 Å². The summed E-state index contributed by atoms with van der Waals surface area (Å²) in [5.41, 5.74) is 2.29. The van der Waals surface area contributed by atoms with E-state index in [1.54, 1.807) is 0 Å². The van der Waals surface area contributed by atoms with E-state index >= 15 is 0 Å². The molecule has 3 nitrogen and oxygen atoms in total. The van der Waals surface area contributed by atoms with E-state index in [0.29, 0.717) is 11.5 Å². The molecule has 0 radical (unpaired) electrons. The van der Waals surface area contributed by atoms with Crippen LogP contribution in [0.25, 0.3) is 0 Å². The molecule has 1 aromatic rings. The molecule has 0 saturated carbocycles. The number of hydrogen-bond acceptors (Lipinski definition) is 2. The molecule has 3 heteroatoms. The summed E-state index contributed by atoms with van der Waals surface area (Å²) >= 11 is 0. The van der Waals surface area contributed by atoms with Gasteiger partial charge in [0, 0.05) is 17.2 Å². The average Bonchev–Trinajstić information content (AvgIpc) is 2.47. The molecule has 2 N–H and O–H groups in total. The Balaban J connectivity index is 2.93. The molecule has 1 rings (SSSR count). The summed E-state index contributed by atoms with van der Waals surface area (Å²) in [5.74, 6) is 5.94. The fourth-order valence-electron chi connectivity index (χ4n) is 2.55. The van der Waals surface area contributed by atoms with Crippen molar-refractivity contribution < 1.29 is 9.90 Å². The van der Waals surface area contributed by atoms with Crippen LogP contribution in [0.3, 0.4) is 0 Å². The van der Waals surface area contributed by atoms with Crippen LogP contribution in [-0.4, -0.2) is 23.7 Å². The molecule has 0 aliphatic rings. The van der Waals surface area contributed by atoms with Gasteiger partial charge in [-0.3, -0.25) is 4.79 Å². The zero-order valence-electron chi connectivity index (χ0n) is 13.4. The highest BCUT2D eigenvalue weighted by molar-refractivity contribution is 5.96. The van der Waals surface area contributed by atoms with Gasteiger partial charge in [-0.2, -0.15) is 0 Å². The largest absolute Gasteiger partial charge is 0.384 e. The van der Waals surface area contributed by atoms with Crippen molar-refractivity contribution in [2.24, 2.45) is 5.92 Å². The van der Waals surface area contributed by atoms with Crippen LogP contribution in [0.2, 0.25) is 0 Å². The number of carbonyl (C=O) groups excluding carboxylic acids is 1. The van der Waals surface area contributed by atoms with Gasteiger partial charge in [-0.15, -0.1) is 0 Å². The van der Waals surface area contributed by atoms with Gasteiger partial charge in [-0.1, -0.05) is 44.6 Å². The third-order valence-corrected chi connectivity index (χ3v) is 4.00. The molecule has 1 aromatic carbocycles. The van der Waals surface area contributed by atoms with Crippen molar-refractivity contribution in [3.05, 3.63) is 34.9 Å². The number of carbonyl (C=O) groups is 1. The summed E-state index contributed by atoms with van der Waals surface area (Å²) in [6, 6.07) is 5.65. The number of rotatable bonds is 5. The lowest BCUT2D eigenvalue weighted by Crippen LogP contribution is -2.38. The van der Waals surface area contributed by atoms with E-state index in [9.17, 15) is 4.79 Å². The molecule has 1 atom stereocenters. The Hall–Kier alpha value is -1.79. The molecule has 21 heavy (non-hydrogen) atoms. The first-order valence-electron chi connectivity index (χ1n) is 7.55. The van der Waals surface area contributed by atoms with E-state index in [-0.39, 0.29) is 18.6 Å². The molecule has 0 fully saturated rings. The second kappa shape index (κ2) is 8.49. The predicted octanol–water partition coefficient (Wildman–Crippen LogP) is 2.89. The summed E-state index contributed by atoms with van der Waals surface area (Å²) in [6.45, 7) is 8.06. The van der Waals surface area contributed by atoms with Crippen LogP contribution in [0.1, 0.15) is 55.1 Å². The first-order valence-corrected chi connectivity index (χ1v) is 7.55. The van der Waals surface area contributed by atoms with Gasteiger partial charge in [0.1, 0.15) is 6.61 Å². The number of aliphatic hydroxyl groups excluding tert-OH is 1. The summed E-state index contributed by atoms with van der Waals surface area (Å²) in [6.07, 6.45) is 2.11. The number of hydrogen-bond donors (Lipinski definition) is 2. The number of nitrogens with one attached hydrogen (secondary N) is 1. The Labute approximate surface area is 127 Å². The molecule has 0 heterocycles. The van der Waals surface area contributed by atoms with Crippen LogP contribution in [0.15, 0.2) is 18.2 Å². The predicted molar refractivity (Wildman–Crippen MR) is 86.1 cm³/mol. The third-order valence-electron chi connectivity index (χ3n) is 4.00. The lowest BCUT2D eigenvalue weighted by molar-refractivity contribution is 0.0924. The minimum Gasteiger partial charge on any atom is -0.384 e. The maximum Gasteiger partial charge on any atom is 0.251 e. The van der Waals surface area contributed by atoms with Crippen molar-refractivity contribution >= 4 is 5.91 Å². The highest BCUT2D eigenvalue weighted by Gasteiger charge is 2.18. The van der Waals surface area contributed by atoms with Crippen LogP contribution < -0.4 is 5.32 Å². The molecule has 0 saturated heterocycles. The fraction of sp³-hybridized carbons (Fsp3) is 0.500. The topological polar surface area (TPSA) is 49.3 Å². The van der Waals surface area contributed by atoms with E-state index in [1.165, 1.54) is 0 Å². The maximum absolute atomic E-state index is 12.4. The van der Waals surface area contributed by atoms with Crippen LogP contribution >= 0.6 is 0 Å². The van der Waals surface area contributed by atoms with Crippen LogP contribution in [-0.2, 0) is 0 Å². The first kappa shape index (κ1) is 17.3. The van der Waals surface area contributed by atoms with Crippen molar-refractivity contribution in [3.63, 3.8) is 0 Å². The standard InChI is InChI=1S/C18H25NO2/c1-5-15(6-2)14(4)19-18(21)17-11-7-9-16(13(17)3)10-8-12-20/h7,9,11,14-15,20H,5-6,12H2,1-4H3,(H,19,21). The van der Waals surface area contributed by atoms with Crippen molar-refractivity contribution in [1.82, 2.24) is 5.32 Å². The molecule has 0 spiro atoms. The monoisotopic (exact) mass is 287 g/mol. The number of amides is 1. The normalized spacial score (nSPS) is 11.7. The van der Waals surface area contributed by atoms with E-state index in [0.717, 1.165) is 24.0 Å². The average molecular weight is 287 g/mol. The van der Waals surface area contributed by atoms with E-state index < -0.39 is 0 Å². The van der Waals surface area contributed by atoms with E-state index in [1.807, 2.05) is 25.1 Å². The van der Waals surface area contributed by atoms with Crippen molar-refractivity contribution in [1.29, 1.82) is 0 Å². The molecule has 114 valence electrons. The Morgan fingerprint density at radius 3 is 2.57 bits per heavy atom. The number of benzene rings is 1. The van der Waals surface area contributed by atoms with Gasteiger partial charge >= 0.3 is 0 Å². The van der Waals surface area contributed by atoms with Gasteiger partial charge in [-0.05, 0) is 37.5 Å². The smallest absolute Gasteiger partial charge is 0.251 e. The maximum atomic E-state index is 12.4. The van der Waals surface area contributed by atoms with Gasteiger partial charge in [0.2, 0.25) is 0 Å². The lowest BCUT2D eigenvalue weighted by atomic mass is 9.94. The zero-order chi connectivity index (χ0) is 15.8. The van der Waals surface area contributed by atoms with Gasteiger partial charge in [0.05, 0.1) is 0 Å². The Kier molecular flexibility index (Phi) is 6.98. The van der Waals surface area contributed by atoms with Crippen molar-refractivity contribution in [2.75, 3.05) is 6.61 Å². The second-order valence-corrected chi connectivity index (χ2v) is 5.28. The molecule has 0 bridgehead atoms. The molecular weight excluding hydrogens is 262 g/mol. The van der Waals surface area contributed by atoms with Gasteiger partial charge in [-0.25, -0.2) is 0 Å². The van der Waals surface area contributed by atoms with E-state index in [4.69, 9.17) is 5.11 Å². The van der Waals surface area contributed by atoms with Crippen LogP contribution in [0.5, 0.6) is 0 Å². The quantitative estimate of drug-likeness (QED) is 0.818. The van der Waals surface area contributed by atoms with Crippen molar-refractivity contribution in [3.8, 4) is 11.8 Å². The molecule has 0 aliphatic carbocycles. The first-order chi connectivity index (χ1) is 10.0. The summed E-state index contributed by atoms with van der Waals surface area (Å²) in [4.78, 5) is 12.4. The minimum atomic E-state index is -0.179. The Bertz CT molecular complexity index is 536. The van der Waals surface area contributed by atoms with Gasteiger partial charge < -0.3 is 10.4 Å². The second-order valence-electron chi connectivity index (χ2n) is 5.28.